The third-order valence-corrected chi connectivity index (χ3v) is 6.92. The van der Waals surface area contributed by atoms with Gasteiger partial charge in [-0.15, -0.1) is 0 Å². The number of amides is 1. The van der Waals surface area contributed by atoms with Crippen molar-refractivity contribution in [3.05, 3.63) is 23.8 Å². The van der Waals surface area contributed by atoms with Gasteiger partial charge in [-0.1, -0.05) is 25.7 Å². The molecule has 2 heterocycles. The molecule has 1 aliphatic carbocycles. The second-order valence-corrected chi connectivity index (χ2v) is 8.86. The molecule has 0 radical (unpaired) electrons. The fourth-order valence-corrected chi connectivity index (χ4v) is 5.16. The Labute approximate surface area is 175 Å². The van der Waals surface area contributed by atoms with Crippen LogP contribution in [0.3, 0.4) is 0 Å². The van der Waals surface area contributed by atoms with Gasteiger partial charge < -0.3 is 19.3 Å². The predicted octanol–water partition coefficient (Wildman–Crippen LogP) is 4.50. The second kappa shape index (κ2) is 9.84. The molecule has 1 amide bonds. The van der Waals surface area contributed by atoms with Gasteiger partial charge in [0.05, 0.1) is 7.11 Å². The molecule has 3 fully saturated rings. The monoisotopic (exact) mass is 400 g/mol. The zero-order chi connectivity index (χ0) is 20.1. The summed E-state index contributed by atoms with van der Waals surface area (Å²) in [6, 6.07) is 6.48. The molecule has 0 aromatic heterocycles. The Balaban J connectivity index is 1.36. The number of hydrogen-bond donors (Lipinski definition) is 0. The molecule has 4 rings (SSSR count). The van der Waals surface area contributed by atoms with E-state index in [2.05, 4.69) is 4.90 Å². The third kappa shape index (κ3) is 5.06. The normalized spacial score (nSPS) is 22.4. The Morgan fingerprint density at radius 2 is 1.55 bits per heavy atom. The Hall–Kier alpha value is -1.75. The molecule has 0 bridgehead atoms. The highest BCUT2D eigenvalue weighted by molar-refractivity contribution is 5.95. The largest absolute Gasteiger partial charge is 0.493 e. The molecule has 29 heavy (non-hydrogen) atoms. The van der Waals surface area contributed by atoms with E-state index in [-0.39, 0.29) is 12.0 Å². The summed E-state index contributed by atoms with van der Waals surface area (Å²) in [5.41, 5.74) is 0.701. The van der Waals surface area contributed by atoms with Gasteiger partial charge in [0.25, 0.3) is 5.91 Å². The predicted molar refractivity (Wildman–Crippen MR) is 115 cm³/mol. The van der Waals surface area contributed by atoms with Crippen molar-refractivity contribution >= 4 is 5.91 Å². The Morgan fingerprint density at radius 1 is 0.862 bits per heavy atom. The van der Waals surface area contributed by atoms with E-state index in [0.29, 0.717) is 11.3 Å². The number of carbonyl (C=O) groups is 1. The Bertz CT molecular complexity index is 671. The third-order valence-electron chi connectivity index (χ3n) is 6.92. The van der Waals surface area contributed by atoms with E-state index in [1.54, 1.807) is 7.11 Å². The van der Waals surface area contributed by atoms with Crippen molar-refractivity contribution in [1.29, 1.82) is 0 Å². The highest BCUT2D eigenvalue weighted by atomic mass is 16.5. The van der Waals surface area contributed by atoms with Crippen molar-refractivity contribution in [1.82, 2.24) is 9.80 Å². The Morgan fingerprint density at radius 3 is 2.21 bits per heavy atom. The number of likely N-dealkylation sites (tertiary alicyclic amines) is 2. The van der Waals surface area contributed by atoms with Crippen molar-refractivity contribution in [3.63, 3.8) is 0 Å². The van der Waals surface area contributed by atoms with Crippen LogP contribution in [0.25, 0.3) is 0 Å². The number of rotatable bonds is 5. The van der Waals surface area contributed by atoms with Gasteiger partial charge in [0.2, 0.25) is 0 Å². The summed E-state index contributed by atoms with van der Waals surface area (Å²) in [5, 5.41) is 0. The highest BCUT2D eigenvalue weighted by Crippen LogP contribution is 2.32. The lowest BCUT2D eigenvalue weighted by Crippen LogP contribution is -2.43. The summed E-state index contributed by atoms with van der Waals surface area (Å²) in [6.45, 7) is 3.98. The van der Waals surface area contributed by atoms with E-state index >= 15 is 0 Å². The molecule has 2 saturated heterocycles. The van der Waals surface area contributed by atoms with Crippen LogP contribution in [0, 0.1) is 0 Å². The van der Waals surface area contributed by atoms with Crippen LogP contribution in [0.2, 0.25) is 0 Å². The van der Waals surface area contributed by atoms with Crippen LogP contribution in [0.15, 0.2) is 18.2 Å². The smallest absolute Gasteiger partial charge is 0.253 e. The first kappa shape index (κ1) is 20.5. The van der Waals surface area contributed by atoms with E-state index in [0.717, 1.165) is 63.7 Å². The lowest BCUT2D eigenvalue weighted by molar-refractivity contribution is 0.0745. The van der Waals surface area contributed by atoms with Gasteiger partial charge in [-0.2, -0.15) is 0 Å². The highest BCUT2D eigenvalue weighted by Gasteiger charge is 2.28. The van der Waals surface area contributed by atoms with Gasteiger partial charge in [-0.25, -0.2) is 0 Å². The molecule has 0 unspecified atom stereocenters. The van der Waals surface area contributed by atoms with E-state index in [1.165, 1.54) is 38.5 Å². The van der Waals surface area contributed by atoms with Crippen LogP contribution in [0.1, 0.15) is 74.6 Å². The maximum absolute atomic E-state index is 12.9. The standard InChI is InChI=1S/C24H36N2O3/c1-28-23-18-19(24(27)26-14-6-2-3-7-15-26)10-11-22(23)29-21-12-16-25(17-13-21)20-8-4-5-9-20/h10-11,18,20-21H,2-9,12-17H2,1H3. The average Bonchev–Trinajstić information content (AvgIpc) is 3.16. The maximum atomic E-state index is 12.9. The Kier molecular flexibility index (Phi) is 6.96. The maximum Gasteiger partial charge on any atom is 0.253 e. The molecule has 160 valence electrons. The van der Waals surface area contributed by atoms with E-state index in [9.17, 15) is 4.79 Å². The van der Waals surface area contributed by atoms with Crippen LogP contribution < -0.4 is 9.47 Å². The first-order valence-electron chi connectivity index (χ1n) is 11.6. The first-order chi connectivity index (χ1) is 14.2. The quantitative estimate of drug-likeness (QED) is 0.730. The molecule has 1 aromatic rings. The number of hydrogen-bond acceptors (Lipinski definition) is 4. The summed E-state index contributed by atoms with van der Waals surface area (Å²) in [6.07, 6.45) is 12.5. The van der Waals surface area contributed by atoms with Gasteiger partial charge in [-0.3, -0.25) is 4.79 Å². The zero-order valence-electron chi connectivity index (χ0n) is 17.9. The van der Waals surface area contributed by atoms with E-state index in [4.69, 9.17) is 9.47 Å². The molecule has 1 saturated carbocycles. The van der Waals surface area contributed by atoms with Crippen molar-refractivity contribution in [2.75, 3.05) is 33.3 Å². The molecule has 0 atom stereocenters. The first-order valence-corrected chi connectivity index (χ1v) is 11.6. The molecule has 0 N–H and O–H groups in total. The van der Waals surface area contributed by atoms with Crippen LogP contribution in [0.4, 0.5) is 0 Å². The number of benzene rings is 1. The van der Waals surface area contributed by atoms with Gasteiger partial charge >= 0.3 is 0 Å². The molecule has 0 spiro atoms. The van der Waals surface area contributed by atoms with Crippen molar-refractivity contribution in [2.24, 2.45) is 0 Å². The van der Waals surface area contributed by atoms with Crippen molar-refractivity contribution in [2.45, 2.75) is 76.4 Å². The second-order valence-electron chi connectivity index (χ2n) is 8.86. The number of carbonyl (C=O) groups excluding carboxylic acids is 1. The van der Waals surface area contributed by atoms with Gasteiger partial charge in [0.1, 0.15) is 6.10 Å². The minimum absolute atomic E-state index is 0.113. The average molecular weight is 401 g/mol. The van der Waals surface area contributed by atoms with Crippen molar-refractivity contribution < 1.29 is 14.3 Å². The number of nitrogens with zero attached hydrogens (tertiary/aromatic N) is 2. The molecular formula is C24H36N2O3. The summed E-state index contributed by atoms with van der Waals surface area (Å²) < 4.78 is 11.9. The number of methoxy groups -OCH3 is 1. The lowest BCUT2D eigenvalue weighted by atomic mass is 10.0. The van der Waals surface area contributed by atoms with Crippen LogP contribution in [0.5, 0.6) is 11.5 Å². The summed E-state index contributed by atoms with van der Waals surface area (Å²) in [4.78, 5) is 17.6. The molecule has 5 nitrogen and oxygen atoms in total. The molecule has 3 aliphatic rings. The van der Waals surface area contributed by atoms with Crippen LogP contribution in [-0.2, 0) is 0 Å². The fourth-order valence-electron chi connectivity index (χ4n) is 5.16. The summed E-state index contributed by atoms with van der Waals surface area (Å²) >= 11 is 0. The van der Waals surface area contributed by atoms with E-state index in [1.807, 2.05) is 23.1 Å². The van der Waals surface area contributed by atoms with E-state index < -0.39 is 0 Å². The topological polar surface area (TPSA) is 42.0 Å². The van der Waals surface area contributed by atoms with Crippen LogP contribution in [-0.4, -0.2) is 61.1 Å². The molecular weight excluding hydrogens is 364 g/mol. The van der Waals surface area contributed by atoms with Crippen molar-refractivity contribution in [3.8, 4) is 11.5 Å². The molecule has 5 heteroatoms. The fraction of sp³-hybridized carbons (Fsp3) is 0.708. The van der Waals surface area contributed by atoms with Gasteiger partial charge in [-0.05, 0) is 56.7 Å². The summed E-state index contributed by atoms with van der Waals surface area (Å²) in [7, 11) is 1.66. The van der Waals surface area contributed by atoms with Gasteiger partial charge in [0.15, 0.2) is 11.5 Å². The zero-order valence-corrected chi connectivity index (χ0v) is 17.9. The minimum atomic E-state index is 0.113. The lowest BCUT2D eigenvalue weighted by Gasteiger charge is -2.36. The number of ether oxygens (including phenoxy) is 2. The SMILES string of the molecule is COc1cc(C(=O)N2CCCCCC2)ccc1OC1CCN(C2CCCC2)CC1. The molecule has 2 aliphatic heterocycles. The molecule has 1 aromatic carbocycles. The van der Waals surface area contributed by atoms with Gasteiger partial charge in [0, 0.05) is 37.8 Å². The van der Waals surface area contributed by atoms with Crippen LogP contribution >= 0.6 is 0 Å². The minimum Gasteiger partial charge on any atom is -0.493 e. The number of piperidine rings is 1. The summed E-state index contributed by atoms with van der Waals surface area (Å²) in [5.74, 6) is 1.55.